The Hall–Kier alpha value is -1.79. The highest BCUT2D eigenvalue weighted by molar-refractivity contribution is 5.72. The van der Waals surface area contributed by atoms with Crippen LogP contribution in [0.3, 0.4) is 0 Å². The maximum Gasteiger partial charge on any atom is 0.216 e. The van der Waals surface area contributed by atoms with Crippen molar-refractivity contribution in [1.82, 2.24) is 5.32 Å². The van der Waals surface area contributed by atoms with Gasteiger partial charge in [0.1, 0.15) is 11.9 Å². The average Bonchev–Trinajstić information content (AvgIpc) is 2.38. The lowest BCUT2D eigenvalue weighted by Gasteiger charge is -2.19. The summed E-state index contributed by atoms with van der Waals surface area (Å²) in [6.07, 6.45) is -1.77. The summed E-state index contributed by atoms with van der Waals surface area (Å²) in [6.45, 7) is 1.70. The molecule has 0 aliphatic rings. The maximum absolute atomic E-state index is 10.7. The summed E-state index contributed by atoms with van der Waals surface area (Å²) in [7, 11) is 1.48. The van der Waals surface area contributed by atoms with Gasteiger partial charge in [0.2, 0.25) is 5.91 Å². The highest BCUT2D eigenvalue weighted by Crippen LogP contribution is 2.27. The topological polar surface area (TPSA) is 105 Å². The lowest BCUT2D eigenvalue weighted by Crippen LogP contribution is -2.27. The first-order valence-electron chi connectivity index (χ1n) is 5.99. The number of rotatable bonds is 6. The highest BCUT2D eigenvalue weighted by Gasteiger charge is 2.19. The van der Waals surface area contributed by atoms with Crippen molar-refractivity contribution in [3.05, 3.63) is 23.8 Å². The van der Waals surface area contributed by atoms with Crippen LogP contribution in [0.5, 0.6) is 5.75 Å². The van der Waals surface area contributed by atoms with Crippen molar-refractivity contribution in [3.63, 3.8) is 0 Å². The first kappa shape index (κ1) is 15.3. The molecule has 1 aromatic rings. The van der Waals surface area contributed by atoms with Gasteiger partial charge in [-0.25, -0.2) is 0 Å². The minimum Gasteiger partial charge on any atom is -0.495 e. The predicted molar refractivity (Wildman–Crippen MR) is 71.7 cm³/mol. The minimum atomic E-state index is -1.05. The molecule has 0 heterocycles. The molecule has 0 saturated heterocycles. The second-order valence-electron chi connectivity index (χ2n) is 4.29. The SMILES string of the molecule is COc1cc(C(O)C(O)CCNC(C)=O)ccc1N. The van der Waals surface area contributed by atoms with Gasteiger partial charge in [-0.2, -0.15) is 0 Å². The van der Waals surface area contributed by atoms with E-state index in [2.05, 4.69) is 5.32 Å². The van der Waals surface area contributed by atoms with Crippen LogP contribution in [0.1, 0.15) is 25.0 Å². The fourth-order valence-electron chi connectivity index (χ4n) is 1.69. The number of nitrogens with one attached hydrogen (secondary N) is 1. The second kappa shape index (κ2) is 6.96. The number of carbonyl (C=O) groups is 1. The molecule has 0 bridgehead atoms. The number of hydrogen-bond donors (Lipinski definition) is 4. The Morgan fingerprint density at radius 3 is 2.74 bits per heavy atom. The van der Waals surface area contributed by atoms with E-state index in [4.69, 9.17) is 10.5 Å². The number of nitrogen functional groups attached to an aromatic ring is 1. The zero-order valence-electron chi connectivity index (χ0n) is 11.1. The van der Waals surface area contributed by atoms with Gasteiger partial charge in [0.25, 0.3) is 0 Å². The van der Waals surface area contributed by atoms with Crippen molar-refractivity contribution < 1.29 is 19.7 Å². The van der Waals surface area contributed by atoms with Crippen molar-refractivity contribution >= 4 is 11.6 Å². The van der Waals surface area contributed by atoms with Crippen LogP contribution >= 0.6 is 0 Å². The molecule has 6 heteroatoms. The van der Waals surface area contributed by atoms with Crippen LogP contribution in [0.2, 0.25) is 0 Å². The first-order chi connectivity index (χ1) is 8.95. The van der Waals surface area contributed by atoms with Gasteiger partial charge in [0.15, 0.2) is 0 Å². The average molecular weight is 268 g/mol. The van der Waals surface area contributed by atoms with Gasteiger partial charge >= 0.3 is 0 Å². The molecule has 1 rings (SSSR count). The van der Waals surface area contributed by atoms with Gasteiger partial charge in [-0.3, -0.25) is 4.79 Å². The molecular weight excluding hydrogens is 248 g/mol. The lowest BCUT2D eigenvalue weighted by molar-refractivity contribution is -0.119. The van der Waals surface area contributed by atoms with E-state index < -0.39 is 12.2 Å². The Bertz CT molecular complexity index is 437. The van der Waals surface area contributed by atoms with E-state index in [0.29, 0.717) is 23.5 Å². The van der Waals surface area contributed by atoms with E-state index in [1.807, 2.05) is 0 Å². The highest BCUT2D eigenvalue weighted by atomic mass is 16.5. The van der Waals surface area contributed by atoms with Crippen molar-refractivity contribution in [3.8, 4) is 5.75 Å². The first-order valence-corrected chi connectivity index (χ1v) is 5.99. The molecule has 0 fully saturated rings. The van der Waals surface area contributed by atoms with Gasteiger partial charge < -0.3 is 26.0 Å². The Balaban J connectivity index is 2.65. The molecule has 0 aliphatic heterocycles. The molecule has 1 amide bonds. The summed E-state index contributed by atoms with van der Waals surface area (Å²) in [5.74, 6) is 0.279. The summed E-state index contributed by atoms with van der Waals surface area (Å²) < 4.78 is 5.05. The Kier molecular flexibility index (Phi) is 5.59. The number of hydrogen-bond acceptors (Lipinski definition) is 5. The molecule has 106 valence electrons. The van der Waals surface area contributed by atoms with Gasteiger partial charge in [0, 0.05) is 13.5 Å². The van der Waals surface area contributed by atoms with Crippen LogP contribution in [-0.4, -0.2) is 35.9 Å². The summed E-state index contributed by atoms with van der Waals surface area (Å²) in [4.78, 5) is 10.7. The molecule has 0 radical (unpaired) electrons. The van der Waals surface area contributed by atoms with Gasteiger partial charge in [0.05, 0.1) is 18.9 Å². The molecule has 0 spiro atoms. The van der Waals surface area contributed by atoms with Crippen molar-refractivity contribution in [1.29, 1.82) is 0 Å². The maximum atomic E-state index is 10.7. The van der Waals surface area contributed by atoms with E-state index in [1.54, 1.807) is 18.2 Å². The number of anilines is 1. The quantitative estimate of drug-likeness (QED) is 0.552. The number of ether oxygens (including phenoxy) is 1. The summed E-state index contributed by atoms with van der Waals surface area (Å²) in [5, 5.41) is 22.4. The third-order valence-electron chi connectivity index (χ3n) is 2.78. The molecule has 0 saturated carbocycles. The van der Waals surface area contributed by atoms with E-state index >= 15 is 0 Å². The molecule has 2 atom stereocenters. The molecule has 5 N–H and O–H groups in total. The zero-order valence-corrected chi connectivity index (χ0v) is 11.1. The van der Waals surface area contributed by atoms with Crippen LogP contribution in [0.15, 0.2) is 18.2 Å². The van der Waals surface area contributed by atoms with Crippen LogP contribution in [-0.2, 0) is 4.79 Å². The smallest absolute Gasteiger partial charge is 0.216 e. The van der Waals surface area contributed by atoms with E-state index in [1.165, 1.54) is 14.0 Å². The van der Waals surface area contributed by atoms with Crippen LogP contribution in [0.25, 0.3) is 0 Å². The Morgan fingerprint density at radius 2 is 2.16 bits per heavy atom. The van der Waals surface area contributed by atoms with Crippen LogP contribution in [0, 0.1) is 0 Å². The number of benzene rings is 1. The van der Waals surface area contributed by atoms with E-state index in [0.717, 1.165) is 0 Å². The molecule has 2 unspecified atom stereocenters. The zero-order chi connectivity index (χ0) is 14.4. The standard InChI is InChI=1S/C13H20N2O4/c1-8(16)15-6-5-11(17)13(18)9-3-4-10(14)12(7-9)19-2/h3-4,7,11,13,17-18H,5-6,14H2,1-2H3,(H,15,16). The number of aliphatic hydroxyl groups is 2. The van der Waals surface area contributed by atoms with E-state index in [-0.39, 0.29) is 12.3 Å². The summed E-state index contributed by atoms with van der Waals surface area (Å²) in [6, 6.07) is 4.82. The molecule has 0 aliphatic carbocycles. The fourth-order valence-corrected chi connectivity index (χ4v) is 1.69. The monoisotopic (exact) mass is 268 g/mol. The van der Waals surface area contributed by atoms with Gasteiger partial charge in [-0.05, 0) is 24.1 Å². The van der Waals surface area contributed by atoms with Crippen LogP contribution < -0.4 is 15.8 Å². The predicted octanol–water partition coefficient (Wildman–Crippen LogP) is 0.198. The second-order valence-corrected chi connectivity index (χ2v) is 4.29. The number of carbonyl (C=O) groups excluding carboxylic acids is 1. The summed E-state index contributed by atoms with van der Waals surface area (Å²) >= 11 is 0. The molecule has 19 heavy (non-hydrogen) atoms. The number of methoxy groups -OCH3 is 1. The molecule has 0 aromatic heterocycles. The van der Waals surface area contributed by atoms with Crippen molar-refractivity contribution in [2.45, 2.75) is 25.6 Å². The van der Waals surface area contributed by atoms with Gasteiger partial charge in [-0.15, -0.1) is 0 Å². The normalized spacial score (nSPS) is 13.7. The minimum absolute atomic E-state index is 0.171. The van der Waals surface area contributed by atoms with Crippen molar-refractivity contribution in [2.24, 2.45) is 0 Å². The third-order valence-corrected chi connectivity index (χ3v) is 2.78. The van der Waals surface area contributed by atoms with Gasteiger partial charge in [-0.1, -0.05) is 6.07 Å². The van der Waals surface area contributed by atoms with E-state index in [9.17, 15) is 15.0 Å². The fraction of sp³-hybridized carbons (Fsp3) is 0.462. The summed E-state index contributed by atoms with van der Waals surface area (Å²) in [5.41, 5.74) is 6.65. The van der Waals surface area contributed by atoms with Crippen molar-refractivity contribution in [2.75, 3.05) is 19.4 Å². The number of nitrogens with two attached hydrogens (primary N) is 1. The molecule has 6 nitrogen and oxygen atoms in total. The number of aliphatic hydroxyl groups excluding tert-OH is 2. The number of amides is 1. The lowest BCUT2D eigenvalue weighted by atomic mass is 10.0. The Morgan fingerprint density at radius 1 is 1.47 bits per heavy atom. The van der Waals surface area contributed by atoms with Crippen LogP contribution in [0.4, 0.5) is 5.69 Å². The molecule has 1 aromatic carbocycles. The largest absolute Gasteiger partial charge is 0.495 e. The molecular formula is C13H20N2O4. The Labute approximate surface area is 112 Å². The third kappa shape index (κ3) is 4.42.